The van der Waals surface area contributed by atoms with Crippen LogP contribution in [0.25, 0.3) is 0 Å². The number of methoxy groups -OCH3 is 1. The van der Waals surface area contributed by atoms with E-state index in [2.05, 4.69) is 5.32 Å². The number of benzene rings is 2. The Labute approximate surface area is 147 Å². The average Bonchev–Trinajstić information content (AvgIpc) is 2.96. The van der Waals surface area contributed by atoms with Crippen LogP contribution in [0.2, 0.25) is 0 Å². The van der Waals surface area contributed by atoms with Crippen molar-refractivity contribution in [3.05, 3.63) is 59.7 Å². The molecule has 1 atom stereocenters. The maximum Gasteiger partial charge on any atom is 0.229 e. The zero-order chi connectivity index (χ0) is 17.8. The maximum atomic E-state index is 12.2. The van der Waals surface area contributed by atoms with Gasteiger partial charge in [-0.05, 0) is 36.8 Å². The lowest BCUT2D eigenvalue weighted by Gasteiger charge is -2.17. The SMILES string of the molecule is COc1ccc(CC(=O)N[C@@H]2CC(=O)N(c3ccc(C)cc3)C2)cc1. The van der Waals surface area contributed by atoms with Crippen molar-refractivity contribution in [2.24, 2.45) is 0 Å². The fourth-order valence-corrected chi connectivity index (χ4v) is 2.99. The Morgan fingerprint density at radius 2 is 1.84 bits per heavy atom. The van der Waals surface area contributed by atoms with Crippen LogP contribution in [0.5, 0.6) is 5.75 Å². The van der Waals surface area contributed by atoms with Crippen LogP contribution in [0.3, 0.4) is 0 Å². The molecule has 5 nitrogen and oxygen atoms in total. The number of hydrogen-bond acceptors (Lipinski definition) is 3. The second-order valence-corrected chi connectivity index (χ2v) is 6.33. The van der Waals surface area contributed by atoms with Crippen LogP contribution in [0.15, 0.2) is 48.5 Å². The predicted octanol–water partition coefficient (Wildman–Crippen LogP) is 2.47. The van der Waals surface area contributed by atoms with Gasteiger partial charge in [0.25, 0.3) is 0 Å². The quantitative estimate of drug-likeness (QED) is 0.911. The number of ether oxygens (including phenoxy) is 1. The van der Waals surface area contributed by atoms with E-state index < -0.39 is 0 Å². The normalized spacial score (nSPS) is 16.8. The van der Waals surface area contributed by atoms with Crippen LogP contribution < -0.4 is 15.0 Å². The van der Waals surface area contributed by atoms with Gasteiger partial charge < -0.3 is 15.0 Å². The first-order valence-electron chi connectivity index (χ1n) is 8.34. The van der Waals surface area contributed by atoms with Gasteiger partial charge in [0.05, 0.1) is 19.6 Å². The molecule has 0 radical (unpaired) electrons. The molecular weight excluding hydrogens is 316 g/mol. The van der Waals surface area contributed by atoms with E-state index in [0.717, 1.165) is 22.6 Å². The zero-order valence-corrected chi connectivity index (χ0v) is 14.5. The minimum Gasteiger partial charge on any atom is -0.497 e. The van der Waals surface area contributed by atoms with E-state index in [9.17, 15) is 9.59 Å². The third-order valence-corrected chi connectivity index (χ3v) is 4.36. The Morgan fingerprint density at radius 3 is 2.48 bits per heavy atom. The standard InChI is InChI=1S/C20H22N2O3/c1-14-3-7-17(8-4-14)22-13-16(12-20(22)24)21-19(23)11-15-5-9-18(25-2)10-6-15/h3-10,16H,11-13H2,1-2H3,(H,21,23)/t16-/m1/s1. The van der Waals surface area contributed by atoms with Crippen LogP contribution in [-0.2, 0) is 16.0 Å². The molecule has 1 aliphatic rings. The highest BCUT2D eigenvalue weighted by Crippen LogP contribution is 2.22. The monoisotopic (exact) mass is 338 g/mol. The van der Waals surface area contributed by atoms with E-state index in [1.807, 2.05) is 55.5 Å². The van der Waals surface area contributed by atoms with Crippen molar-refractivity contribution < 1.29 is 14.3 Å². The molecule has 0 bridgehead atoms. The maximum absolute atomic E-state index is 12.2. The highest BCUT2D eigenvalue weighted by Gasteiger charge is 2.31. The first-order valence-corrected chi connectivity index (χ1v) is 8.34. The van der Waals surface area contributed by atoms with Crippen LogP contribution in [0, 0.1) is 6.92 Å². The molecule has 0 saturated carbocycles. The lowest BCUT2D eigenvalue weighted by Crippen LogP contribution is -2.38. The molecule has 0 spiro atoms. The summed E-state index contributed by atoms with van der Waals surface area (Å²) >= 11 is 0. The molecule has 0 unspecified atom stereocenters. The van der Waals surface area contributed by atoms with Crippen LogP contribution in [0.4, 0.5) is 5.69 Å². The Bertz CT molecular complexity index is 754. The molecule has 0 aliphatic carbocycles. The number of rotatable bonds is 5. The van der Waals surface area contributed by atoms with Crippen molar-refractivity contribution in [3.8, 4) is 5.75 Å². The zero-order valence-electron chi connectivity index (χ0n) is 14.5. The average molecular weight is 338 g/mol. The molecule has 5 heteroatoms. The summed E-state index contributed by atoms with van der Waals surface area (Å²) in [5.74, 6) is 0.728. The number of nitrogens with zero attached hydrogens (tertiary/aromatic N) is 1. The third kappa shape index (κ3) is 4.18. The molecule has 1 aliphatic heterocycles. The number of aryl methyl sites for hydroxylation is 1. The second-order valence-electron chi connectivity index (χ2n) is 6.33. The number of nitrogens with one attached hydrogen (secondary N) is 1. The van der Waals surface area contributed by atoms with Crippen LogP contribution >= 0.6 is 0 Å². The van der Waals surface area contributed by atoms with Gasteiger partial charge in [0.1, 0.15) is 5.75 Å². The molecule has 2 aromatic carbocycles. The molecule has 2 aromatic rings. The fraction of sp³-hybridized carbons (Fsp3) is 0.300. The van der Waals surface area contributed by atoms with E-state index in [1.54, 1.807) is 12.0 Å². The van der Waals surface area contributed by atoms with E-state index in [1.165, 1.54) is 0 Å². The van der Waals surface area contributed by atoms with Gasteiger partial charge in [-0.15, -0.1) is 0 Å². The van der Waals surface area contributed by atoms with Gasteiger partial charge in [-0.1, -0.05) is 29.8 Å². The second kappa shape index (κ2) is 7.38. The Hall–Kier alpha value is -2.82. The fourth-order valence-electron chi connectivity index (χ4n) is 2.99. The van der Waals surface area contributed by atoms with Crippen LogP contribution in [-0.4, -0.2) is 31.5 Å². The number of hydrogen-bond donors (Lipinski definition) is 1. The van der Waals surface area contributed by atoms with Gasteiger partial charge in [0.2, 0.25) is 11.8 Å². The number of carbonyl (C=O) groups excluding carboxylic acids is 2. The Kier molecular flexibility index (Phi) is 5.03. The van der Waals surface area contributed by atoms with Crippen LogP contribution in [0.1, 0.15) is 17.5 Å². The van der Waals surface area contributed by atoms with Crippen molar-refractivity contribution in [1.29, 1.82) is 0 Å². The van der Waals surface area contributed by atoms with Gasteiger partial charge >= 0.3 is 0 Å². The molecule has 130 valence electrons. The molecule has 2 amide bonds. The molecule has 1 saturated heterocycles. The smallest absolute Gasteiger partial charge is 0.229 e. The summed E-state index contributed by atoms with van der Waals surface area (Å²) in [6.07, 6.45) is 0.626. The van der Waals surface area contributed by atoms with Crippen molar-refractivity contribution in [3.63, 3.8) is 0 Å². The summed E-state index contributed by atoms with van der Waals surface area (Å²) in [5, 5.41) is 2.96. The number of carbonyl (C=O) groups is 2. The van der Waals surface area contributed by atoms with E-state index in [-0.39, 0.29) is 17.9 Å². The Balaban J connectivity index is 1.57. The summed E-state index contributed by atoms with van der Waals surface area (Å²) < 4.78 is 5.11. The summed E-state index contributed by atoms with van der Waals surface area (Å²) in [6, 6.07) is 15.1. The molecule has 0 aromatic heterocycles. The van der Waals surface area contributed by atoms with Gasteiger partial charge in [-0.2, -0.15) is 0 Å². The van der Waals surface area contributed by atoms with Gasteiger partial charge in [0.15, 0.2) is 0 Å². The third-order valence-electron chi connectivity index (χ3n) is 4.36. The Morgan fingerprint density at radius 1 is 1.16 bits per heavy atom. The minimum atomic E-state index is -0.153. The van der Waals surface area contributed by atoms with Crippen molar-refractivity contribution in [2.75, 3.05) is 18.6 Å². The van der Waals surface area contributed by atoms with Gasteiger partial charge in [0, 0.05) is 18.7 Å². The molecule has 1 N–H and O–H groups in total. The topological polar surface area (TPSA) is 58.6 Å². The molecule has 3 rings (SSSR count). The lowest BCUT2D eigenvalue weighted by molar-refractivity contribution is -0.121. The number of anilines is 1. The highest BCUT2D eigenvalue weighted by molar-refractivity contribution is 5.96. The predicted molar refractivity (Wildman–Crippen MR) is 96.8 cm³/mol. The van der Waals surface area contributed by atoms with Gasteiger partial charge in [-0.25, -0.2) is 0 Å². The number of amides is 2. The molecule has 1 heterocycles. The van der Waals surface area contributed by atoms with Gasteiger partial charge in [-0.3, -0.25) is 9.59 Å². The largest absolute Gasteiger partial charge is 0.497 e. The summed E-state index contributed by atoms with van der Waals surface area (Å²) in [5.41, 5.74) is 2.94. The molecule has 25 heavy (non-hydrogen) atoms. The molecular formula is C20H22N2O3. The highest BCUT2D eigenvalue weighted by atomic mass is 16.5. The van der Waals surface area contributed by atoms with Crippen molar-refractivity contribution in [2.45, 2.75) is 25.8 Å². The van der Waals surface area contributed by atoms with Crippen molar-refractivity contribution in [1.82, 2.24) is 5.32 Å². The summed E-state index contributed by atoms with van der Waals surface area (Å²) in [6.45, 7) is 2.52. The van der Waals surface area contributed by atoms with E-state index in [4.69, 9.17) is 4.74 Å². The summed E-state index contributed by atoms with van der Waals surface area (Å²) in [7, 11) is 1.61. The summed E-state index contributed by atoms with van der Waals surface area (Å²) in [4.78, 5) is 26.2. The lowest BCUT2D eigenvalue weighted by atomic mass is 10.1. The van der Waals surface area contributed by atoms with E-state index in [0.29, 0.717) is 19.4 Å². The van der Waals surface area contributed by atoms with Crippen molar-refractivity contribution >= 4 is 17.5 Å². The van der Waals surface area contributed by atoms with E-state index >= 15 is 0 Å². The minimum absolute atomic E-state index is 0.0404. The first kappa shape index (κ1) is 17.0. The first-order chi connectivity index (χ1) is 12.0. The molecule has 1 fully saturated rings.